The Labute approximate surface area is 213 Å². The second kappa shape index (κ2) is 12.5. The van der Waals surface area contributed by atoms with Gasteiger partial charge in [0.25, 0.3) is 5.91 Å². The number of hydrazone groups is 1. The van der Waals surface area contributed by atoms with Crippen molar-refractivity contribution in [2.75, 3.05) is 13.7 Å². The molecule has 9 heteroatoms. The Morgan fingerprint density at radius 1 is 0.941 bits per heavy atom. The lowest BCUT2D eigenvalue weighted by molar-refractivity contribution is 0.0954. The number of halogens is 3. The zero-order valence-electron chi connectivity index (χ0n) is 18.6. The van der Waals surface area contributed by atoms with Gasteiger partial charge in [-0.15, -0.1) is 0 Å². The topological polar surface area (TPSA) is 69.2 Å². The van der Waals surface area contributed by atoms with Gasteiger partial charge in [-0.05, 0) is 55.0 Å². The highest BCUT2D eigenvalue weighted by Gasteiger charge is 2.11. The summed E-state index contributed by atoms with van der Waals surface area (Å²) in [6.45, 7) is 2.78. The van der Waals surface area contributed by atoms with Crippen molar-refractivity contribution in [1.82, 2.24) is 5.43 Å². The lowest BCUT2D eigenvalue weighted by Crippen LogP contribution is -2.17. The molecule has 0 fully saturated rings. The van der Waals surface area contributed by atoms with Crippen LogP contribution in [0.3, 0.4) is 0 Å². The van der Waals surface area contributed by atoms with Gasteiger partial charge in [0.05, 0.1) is 19.9 Å². The van der Waals surface area contributed by atoms with Crippen LogP contribution in [0.2, 0.25) is 15.1 Å². The summed E-state index contributed by atoms with van der Waals surface area (Å²) >= 11 is 18.3. The van der Waals surface area contributed by atoms with Crippen LogP contribution in [0.5, 0.6) is 17.2 Å². The number of nitrogens with zero attached hydrogens (tertiary/aromatic N) is 1. The SMILES string of the molecule is CCCOc1ccc(C(=O)N/N=C/c2cc(Cl)ccc2OCc2ccc(Cl)cc2Cl)cc1OC. The van der Waals surface area contributed by atoms with Gasteiger partial charge in [0, 0.05) is 31.8 Å². The van der Waals surface area contributed by atoms with E-state index in [1.165, 1.54) is 13.3 Å². The lowest BCUT2D eigenvalue weighted by atomic mass is 10.2. The smallest absolute Gasteiger partial charge is 0.271 e. The van der Waals surface area contributed by atoms with Crippen LogP contribution in [-0.2, 0) is 6.61 Å². The molecule has 34 heavy (non-hydrogen) atoms. The standard InChI is InChI=1S/C25H23Cl3N2O4/c1-3-10-33-23-8-5-16(12-24(23)32-2)25(31)30-29-14-18-11-19(26)7-9-22(18)34-15-17-4-6-20(27)13-21(17)28/h4-9,11-14H,3,10,15H2,1-2H3,(H,30,31)/b29-14+. The van der Waals surface area contributed by atoms with Crippen LogP contribution in [0, 0.1) is 0 Å². The number of rotatable bonds is 10. The van der Waals surface area contributed by atoms with Crippen LogP contribution in [0.25, 0.3) is 0 Å². The molecule has 0 bridgehead atoms. The van der Waals surface area contributed by atoms with Crippen molar-refractivity contribution in [3.63, 3.8) is 0 Å². The number of methoxy groups -OCH3 is 1. The second-order valence-electron chi connectivity index (χ2n) is 7.12. The van der Waals surface area contributed by atoms with E-state index in [4.69, 9.17) is 49.0 Å². The maximum atomic E-state index is 12.6. The minimum atomic E-state index is -0.408. The lowest BCUT2D eigenvalue weighted by Gasteiger charge is -2.11. The Morgan fingerprint density at radius 3 is 2.41 bits per heavy atom. The minimum Gasteiger partial charge on any atom is -0.493 e. The normalized spacial score (nSPS) is 10.9. The molecule has 178 valence electrons. The fourth-order valence-corrected chi connectivity index (χ4v) is 3.55. The van der Waals surface area contributed by atoms with E-state index in [9.17, 15) is 4.79 Å². The van der Waals surface area contributed by atoms with Crippen LogP contribution >= 0.6 is 34.8 Å². The number of carbonyl (C=O) groups is 1. The summed E-state index contributed by atoms with van der Waals surface area (Å²) in [5, 5.41) is 5.60. The summed E-state index contributed by atoms with van der Waals surface area (Å²) < 4.78 is 16.8. The van der Waals surface area contributed by atoms with Gasteiger partial charge in [-0.25, -0.2) is 5.43 Å². The van der Waals surface area contributed by atoms with E-state index in [1.807, 2.05) is 6.92 Å². The molecule has 6 nitrogen and oxygen atoms in total. The van der Waals surface area contributed by atoms with E-state index < -0.39 is 5.91 Å². The Morgan fingerprint density at radius 2 is 1.68 bits per heavy atom. The van der Waals surface area contributed by atoms with Crippen LogP contribution in [0.15, 0.2) is 59.7 Å². The molecule has 3 rings (SSSR count). The van der Waals surface area contributed by atoms with Gasteiger partial charge in [-0.3, -0.25) is 4.79 Å². The van der Waals surface area contributed by atoms with Crippen molar-refractivity contribution in [2.45, 2.75) is 20.0 Å². The predicted octanol–water partition coefficient (Wildman–Crippen LogP) is 6.79. The van der Waals surface area contributed by atoms with Crippen molar-refractivity contribution in [3.05, 3.63) is 86.4 Å². The molecule has 0 heterocycles. The largest absolute Gasteiger partial charge is 0.493 e. The van der Waals surface area contributed by atoms with E-state index in [0.717, 1.165) is 12.0 Å². The third kappa shape index (κ3) is 7.03. The van der Waals surface area contributed by atoms with Gasteiger partial charge >= 0.3 is 0 Å². The molecule has 0 saturated carbocycles. The molecule has 0 spiro atoms. The van der Waals surface area contributed by atoms with Crippen LogP contribution in [0.4, 0.5) is 0 Å². The van der Waals surface area contributed by atoms with Gasteiger partial charge in [0.2, 0.25) is 0 Å². The fourth-order valence-electron chi connectivity index (χ4n) is 2.91. The molecular weight excluding hydrogens is 499 g/mol. The molecule has 0 radical (unpaired) electrons. The number of nitrogens with one attached hydrogen (secondary N) is 1. The van der Waals surface area contributed by atoms with E-state index in [0.29, 0.717) is 50.1 Å². The average Bonchev–Trinajstić information content (AvgIpc) is 2.83. The number of hydrogen-bond donors (Lipinski definition) is 1. The van der Waals surface area contributed by atoms with Gasteiger partial charge in [-0.2, -0.15) is 5.10 Å². The maximum absolute atomic E-state index is 12.6. The summed E-state index contributed by atoms with van der Waals surface area (Å²) in [6.07, 6.45) is 2.32. The van der Waals surface area contributed by atoms with Crippen molar-refractivity contribution in [1.29, 1.82) is 0 Å². The van der Waals surface area contributed by atoms with Crippen molar-refractivity contribution < 1.29 is 19.0 Å². The highest BCUT2D eigenvalue weighted by Crippen LogP contribution is 2.28. The van der Waals surface area contributed by atoms with Crippen LogP contribution in [0.1, 0.15) is 34.8 Å². The third-order valence-electron chi connectivity index (χ3n) is 4.63. The van der Waals surface area contributed by atoms with Gasteiger partial charge in [-0.1, -0.05) is 47.8 Å². The molecule has 0 saturated heterocycles. The predicted molar refractivity (Wildman–Crippen MR) is 136 cm³/mol. The second-order valence-corrected chi connectivity index (χ2v) is 8.40. The van der Waals surface area contributed by atoms with E-state index in [1.54, 1.807) is 54.6 Å². The van der Waals surface area contributed by atoms with Crippen molar-refractivity contribution in [3.8, 4) is 17.2 Å². The van der Waals surface area contributed by atoms with Crippen molar-refractivity contribution in [2.24, 2.45) is 5.10 Å². The molecule has 0 aliphatic carbocycles. The van der Waals surface area contributed by atoms with Crippen molar-refractivity contribution >= 4 is 46.9 Å². The molecule has 3 aromatic carbocycles. The monoisotopic (exact) mass is 520 g/mol. The molecule has 0 aliphatic heterocycles. The van der Waals surface area contributed by atoms with E-state index in [-0.39, 0.29) is 6.61 Å². The molecule has 0 unspecified atom stereocenters. The number of amides is 1. The molecule has 1 N–H and O–H groups in total. The average molecular weight is 522 g/mol. The molecule has 1 amide bonds. The highest BCUT2D eigenvalue weighted by atomic mass is 35.5. The Balaban J connectivity index is 1.69. The summed E-state index contributed by atoms with van der Waals surface area (Å²) in [6, 6.07) is 15.2. The van der Waals surface area contributed by atoms with E-state index >= 15 is 0 Å². The Kier molecular flexibility index (Phi) is 9.45. The molecule has 3 aromatic rings. The van der Waals surface area contributed by atoms with Crippen LogP contribution in [-0.4, -0.2) is 25.8 Å². The van der Waals surface area contributed by atoms with Gasteiger partial charge in [0.1, 0.15) is 12.4 Å². The molecule has 0 atom stereocenters. The Hall–Kier alpha value is -2.93. The fraction of sp³-hybridized carbons (Fsp3) is 0.200. The van der Waals surface area contributed by atoms with Crippen LogP contribution < -0.4 is 19.6 Å². The van der Waals surface area contributed by atoms with Gasteiger partial charge < -0.3 is 14.2 Å². The maximum Gasteiger partial charge on any atom is 0.271 e. The minimum absolute atomic E-state index is 0.219. The summed E-state index contributed by atoms with van der Waals surface area (Å²) in [5.74, 6) is 1.16. The quantitative estimate of drug-likeness (QED) is 0.236. The Bertz CT molecular complexity index is 1180. The zero-order chi connectivity index (χ0) is 24.5. The molecule has 0 aromatic heterocycles. The number of carbonyl (C=O) groups excluding carboxylic acids is 1. The first-order valence-electron chi connectivity index (χ1n) is 10.4. The summed E-state index contributed by atoms with van der Waals surface area (Å²) in [7, 11) is 1.52. The highest BCUT2D eigenvalue weighted by molar-refractivity contribution is 6.35. The zero-order valence-corrected chi connectivity index (χ0v) is 20.9. The first kappa shape index (κ1) is 25.7. The third-order valence-corrected chi connectivity index (χ3v) is 5.45. The summed E-state index contributed by atoms with van der Waals surface area (Å²) in [5.41, 5.74) is 4.23. The molecule has 0 aliphatic rings. The number of ether oxygens (including phenoxy) is 3. The summed E-state index contributed by atoms with van der Waals surface area (Å²) in [4.78, 5) is 12.6. The first-order chi connectivity index (χ1) is 16.4. The number of hydrogen-bond acceptors (Lipinski definition) is 5. The molecular formula is C25H23Cl3N2O4. The first-order valence-corrected chi connectivity index (χ1v) is 11.5. The number of benzene rings is 3. The van der Waals surface area contributed by atoms with E-state index in [2.05, 4.69) is 10.5 Å². The van der Waals surface area contributed by atoms with Gasteiger partial charge in [0.15, 0.2) is 11.5 Å².